The van der Waals surface area contributed by atoms with Gasteiger partial charge in [-0.3, -0.25) is 0 Å². The van der Waals surface area contributed by atoms with Crippen LogP contribution < -0.4 is 0 Å². The van der Waals surface area contributed by atoms with Crippen LogP contribution in [0.5, 0.6) is 0 Å². The minimum Gasteiger partial charge on any atom is -0.0802 e. The van der Waals surface area contributed by atoms with E-state index in [1.807, 2.05) is 0 Å². The number of rotatable bonds is 2. The molecular weight excluding hydrogens is 196 g/mol. The second-order valence-electron chi connectivity index (χ2n) is 4.87. The maximum atomic E-state index is 3.42. The summed E-state index contributed by atoms with van der Waals surface area (Å²) in [5, 5.41) is 3.16. The van der Waals surface area contributed by atoms with Crippen molar-refractivity contribution in [2.75, 3.05) is 0 Å². The van der Waals surface area contributed by atoms with E-state index in [1.54, 1.807) is 10.4 Å². The number of allylic oxidation sites excluding steroid dienone is 8. The lowest BCUT2D eigenvalue weighted by atomic mass is 10.3. The van der Waals surface area contributed by atoms with Crippen LogP contribution in [0.4, 0.5) is 0 Å². The third kappa shape index (κ3) is 1.69. The van der Waals surface area contributed by atoms with E-state index < -0.39 is 8.07 Å². The van der Waals surface area contributed by atoms with Gasteiger partial charge in [0.05, 0.1) is 0 Å². The Bertz CT molecular complexity index is 365. The molecule has 1 heteroatoms. The molecule has 0 nitrogen and oxygen atoms in total. The van der Waals surface area contributed by atoms with Crippen LogP contribution in [-0.2, 0) is 0 Å². The van der Waals surface area contributed by atoms with Gasteiger partial charge in [0.15, 0.2) is 0 Å². The molecule has 0 spiro atoms. The molecule has 0 N–H and O–H groups in total. The molecule has 78 valence electrons. The van der Waals surface area contributed by atoms with Gasteiger partial charge in [-0.1, -0.05) is 35.6 Å². The minimum absolute atomic E-state index is 1.01. The highest BCUT2D eigenvalue weighted by molar-refractivity contribution is 6.92. The third-order valence-corrected chi connectivity index (χ3v) is 7.35. The van der Waals surface area contributed by atoms with Crippen LogP contribution in [0.15, 0.2) is 33.7 Å². The fraction of sp³-hybridized carbons (Fsp3) is 0.429. The predicted molar refractivity (Wildman–Crippen MR) is 67.7 cm³/mol. The zero-order valence-corrected chi connectivity index (χ0v) is 11.1. The lowest BCUT2D eigenvalue weighted by Gasteiger charge is -2.28. The standard InChI is InChI=1S/C14H18Si/c1-11-7-5-9-13(11)15(3,4)14-10-6-8-12(14)2/h9-10H,5-6H2,1-4H3. The van der Waals surface area contributed by atoms with Crippen molar-refractivity contribution < 1.29 is 0 Å². The summed E-state index contributed by atoms with van der Waals surface area (Å²) in [7, 11) is -1.44. The van der Waals surface area contributed by atoms with E-state index in [9.17, 15) is 0 Å². The third-order valence-electron chi connectivity index (χ3n) is 3.50. The second-order valence-corrected chi connectivity index (χ2v) is 9.20. The van der Waals surface area contributed by atoms with Gasteiger partial charge < -0.3 is 0 Å². The Labute approximate surface area is 94.1 Å². The molecule has 0 heterocycles. The molecule has 15 heavy (non-hydrogen) atoms. The van der Waals surface area contributed by atoms with Crippen LogP contribution in [0.3, 0.4) is 0 Å². The predicted octanol–water partition coefficient (Wildman–Crippen LogP) is 3.93. The Morgan fingerprint density at radius 1 is 0.933 bits per heavy atom. The first-order chi connectivity index (χ1) is 7.03. The van der Waals surface area contributed by atoms with E-state index in [2.05, 4.69) is 51.2 Å². The van der Waals surface area contributed by atoms with E-state index in [0.717, 1.165) is 12.8 Å². The molecule has 2 rings (SSSR count). The summed E-state index contributed by atoms with van der Waals surface area (Å²) < 4.78 is 0. The van der Waals surface area contributed by atoms with Gasteiger partial charge >= 0.3 is 0 Å². The van der Waals surface area contributed by atoms with E-state index in [-0.39, 0.29) is 0 Å². The maximum absolute atomic E-state index is 3.42. The molecule has 0 saturated carbocycles. The maximum Gasteiger partial charge on any atom is 0.112 e. The van der Waals surface area contributed by atoms with Crippen molar-refractivity contribution >= 4 is 8.07 Å². The SMILES string of the molecule is CC1=[C]CC=C1[Si](C)(C)C1=CC[C]=C1C. The van der Waals surface area contributed by atoms with Gasteiger partial charge in [-0.2, -0.15) is 0 Å². The normalized spacial score (nSPS) is 21.1. The average Bonchev–Trinajstić information content (AvgIpc) is 2.73. The molecule has 0 aromatic rings. The van der Waals surface area contributed by atoms with Crippen molar-refractivity contribution in [3.63, 3.8) is 0 Å². The molecule has 0 aromatic heterocycles. The summed E-state index contributed by atoms with van der Waals surface area (Å²) in [6.45, 7) is 9.28. The van der Waals surface area contributed by atoms with E-state index >= 15 is 0 Å². The highest BCUT2D eigenvalue weighted by Crippen LogP contribution is 2.37. The Kier molecular flexibility index (Phi) is 2.59. The number of hydrogen-bond acceptors (Lipinski definition) is 0. The summed E-state index contributed by atoms with van der Waals surface area (Å²) in [6.07, 6.45) is 13.6. The van der Waals surface area contributed by atoms with E-state index in [0.29, 0.717) is 0 Å². The molecule has 0 unspecified atom stereocenters. The van der Waals surface area contributed by atoms with Gasteiger partial charge in [0.1, 0.15) is 8.07 Å². The molecule has 0 atom stereocenters. The van der Waals surface area contributed by atoms with Crippen molar-refractivity contribution in [3.05, 3.63) is 45.8 Å². The Morgan fingerprint density at radius 3 is 1.60 bits per heavy atom. The monoisotopic (exact) mass is 214 g/mol. The fourth-order valence-electron chi connectivity index (χ4n) is 2.70. The van der Waals surface area contributed by atoms with Gasteiger partial charge in [0.2, 0.25) is 0 Å². The molecule has 0 fully saturated rings. The van der Waals surface area contributed by atoms with Crippen LogP contribution in [0.25, 0.3) is 0 Å². The molecule has 0 amide bonds. The van der Waals surface area contributed by atoms with Gasteiger partial charge in [0.25, 0.3) is 0 Å². The number of hydrogen-bond donors (Lipinski definition) is 0. The van der Waals surface area contributed by atoms with Gasteiger partial charge in [-0.25, -0.2) is 0 Å². The largest absolute Gasteiger partial charge is 0.112 e. The van der Waals surface area contributed by atoms with Gasteiger partial charge in [-0.05, 0) is 50.0 Å². The fourth-order valence-corrected chi connectivity index (χ4v) is 6.27. The topological polar surface area (TPSA) is 0 Å². The quantitative estimate of drug-likeness (QED) is 0.611. The summed E-state index contributed by atoms with van der Waals surface area (Å²) in [6, 6.07) is 0. The lowest BCUT2D eigenvalue weighted by molar-refractivity contribution is 1.36. The van der Waals surface area contributed by atoms with Gasteiger partial charge in [0, 0.05) is 0 Å². The molecule has 0 aromatic carbocycles. The Morgan fingerprint density at radius 2 is 1.33 bits per heavy atom. The zero-order chi connectivity index (χ0) is 11.1. The molecule has 2 aliphatic rings. The highest BCUT2D eigenvalue weighted by atomic mass is 28.3. The average molecular weight is 214 g/mol. The van der Waals surface area contributed by atoms with E-state index in [1.165, 1.54) is 11.1 Å². The smallest absolute Gasteiger partial charge is 0.0802 e. The van der Waals surface area contributed by atoms with Gasteiger partial charge in [-0.15, -0.1) is 0 Å². The first-order valence-electron chi connectivity index (χ1n) is 5.60. The van der Waals surface area contributed by atoms with Crippen LogP contribution in [0, 0.1) is 12.2 Å². The minimum atomic E-state index is -1.44. The summed E-state index contributed by atoms with van der Waals surface area (Å²) in [5.74, 6) is 0. The molecule has 0 saturated heterocycles. The molecule has 0 aliphatic heterocycles. The zero-order valence-electron chi connectivity index (χ0n) is 10.1. The lowest BCUT2D eigenvalue weighted by Crippen LogP contribution is -2.32. The van der Waals surface area contributed by atoms with E-state index in [4.69, 9.17) is 0 Å². The Hall–Kier alpha value is -0.823. The molecule has 0 bridgehead atoms. The van der Waals surface area contributed by atoms with Crippen molar-refractivity contribution in [2.45, 2.75) is 39.8 Å². The van der Waals surface area contributed by atoms with Crippen molar-refractivity contribution in [2.24, 2.45) is 0 Å². The summed E-state index contributed by atoms with van der Waals surface area (Å²) in [5.41, 5.74) is 2.76. The summed E-state index contributed by atoms with van der Waals surface area (Å²) >= 11 is 0. The highest BCUT2D eigenvalue weighted by Gasteiger charge is 2.34. The summed E-state index contributed by atoms with van der Waals surface area (Å²) in [4.78, 5) is 0. The first kappa shape index (κ1) is 10.7. The first-order valence-corrected chi connectivity index (χ1v) is 8.60. The molecule has 2 aliphatic carbocycles. The van der Waals surface area contributed by atoms with Crippen LogP contribution in [-0.4, -0.2) is 8.07 Å². The van der Waals surface area contributed by atoms with Crippen molar-refractivity contribution in [1.29, 1.82) is 0 Å². The van der Waals surface area contributed by atoms with Crippen molar-refractivity contribution in [3.8, 4) is 0 Å². The molecular formula is C14H18Si. The van der Waals surface area contributed by atoms with Crippen LogP contribution in [0.2, 0.25) is 13.1 Å². The van der Waals surface area contributed by atoms with Crippen LogP contribution in [0.1, 0.15) is 26.7 Å². The Balaban J connectivity index is 2.36. The van der Waals surface area contributed by atoms with Crippen LogP contribution >= 0.6 is 0 Å². The molecule has 2 radical (unpaired) electrons. The second kappa shape index (κ2) is 3.64. The van der Waals surface area contributed by atoms with Crippen molar-refractivity contribution in [1.82, 2.24) is 0 Å².